The van der Waals surface area contributed by atoms with E-state index in [4.69, 9.17) is 11.6 Å². The van der Waals surface area contributed by atoms with Gasteiger partial charge >= 0.3 is 6.30 Å². The minimum atomic E-state index is -4.64. The van der Waals surface area contributed by atoms with E-state index in [1.165, 1.54) is 20.8 Å². The topological polar surface area (TPSA) is 45.6 Å². The molecule has 1 unspecified atom stereocenters. The lowest BCUT2D eigenvalue weighted by Crippen LogP contribution is -3.29. The van der Waals surface area contributed by atoms with Crippen LogP contribution in [0.25, 0.3) is 0 Å². The highest BCUT2D eigenvalue weighted by atomic mass is 35.5. The van der Waals surface area contributed by atoms with E-state index >= 15 is 0 Å². The molecule has 4 nitrogen and oxygen atoms in total. The highest BCUT2D eigenvalue weighted by Crippen LogP contribution is 2.11. The quantitative estimate of drug-likeness (QED) is 0.379. The van der Waals surface area contributed by atoms with Gasteiger partial charge in [0.2, 0.25) is 0 Å². The minimum Gasteiger partial charge on any atom is -0.269 e. The third-order valence-corrected chi connectivity index (χ3v) is 1.58. The molecular weight excluding hydrogens is 235 g/mol. The highest BCUT2D eigenvalue weighted by molar-refractivity contribution is 6.17. The normalized spacial score (nSPS) is 14.9. The van der Waals surface area contributed by atoms with Gasteiger partial charge in [-0.05, 0) is 0 Å². The van der Waals surface area contributed by atoms with E-state index in [2.05, 4.69) is 0 Å². The van der Waals surface area contributed by atoms with E-state index < -0.39 is 28.7 Å². The Kier molecular flexibility index (Phi) is 4.82. The monoisotopic (exact) mass is 248 g/mol. The van der Waals surface area contributed by atoms with E-state index in [-0.39, 0.29) is 0 Å². The molecule has 0 spiro atoms. The summed E-state index contributed by atoms with van der Waals surface area (Å²) in [5.41, 5.74) is 2.71. The molecule has 0 saturated heterocycles. The van der Waals surface area contributed by atoms with Gasteiger partial charge in [-0.25, -0.2) is 0 Å². The second-order valence-corrected chi connectivity index (χ2v) is 4.15. The molecule has 15 heavy (non-hydrogen) atoms. The van der Waals surface area contributed by atoms with Gasteiger partial charge in [-0.15, -0.1) is 30.2 Å². The number of alkyl halides is 4. The summed E-state index contributed by atoms with van der Waals surface area (Å²) < 4.78 is 36.8. The largest absolute Gasteiger partial charge is 0.602 e. The van der Waals surface area contributed by atoms with Gasteiger partial charge in [-0.3, -0.25) is 4.79 Å². The average Bonchev–Trinajstić information content (AvgIpc) is 1.99. The van der Waals surface area contributed by atoms with Crippen LogP contribution in [0.2, 0.25) is 0 Å². The molecule has 0 saturated carbocycles. The van der Waals surface area contributed by atoms with E-state index in [1.807, 2.05) is 5.43 Å². The number of rotatable bonds is 3. The Balaban J connectivity index is 4.50. The maximum absolute atomic E-state index is 12.3. The number of nitrogens with one attached hydrogen (secondary N) is 3. The first-order chi connectivity index (χ1) is 6.59. The van der Waals surface area contributed by atoms with Crippen molar-refractivity contribution >= 4 is 17.5 Å². The van der Waals surface area contributed by atoms with E-state index in [1.54, 1.807) is 5.43 Å². The molecule has 0 fully saturated rings. The van der Waals surface area contributed by atoms with Crippen molar-refractivity contribution in [3.63, 3.8) is 0 Å². The van der Waals surface area contributed by atoms with Crippen LogP contribution in [0.1, 0.15) is 20.8 Å². The second-order valence-electron chi connectivity index (χ2n) is 3.89. The van der Waals surface area contributed by atoms with Crippen LogP contribution >= 0.6 is 11.6 Å². The molecule has 0 aliphatic carbocycles. The summed E-state index contributed by atoms with van der Waals surface area (Å²) in [6, 6.07) is -0.431. The molecule has 0 aliphatic heterocycles. The van der Waals surface area contributed by atoms with E-state index in [0.29, 0.717) is 0 Å². The van der Waals surface area contributed by atoms with Crippen LogP contribution in [0.3, 0.4) is 0 Å². The van der Waals surface area contributed by atoms with Crippen molar-refractivity contribution in [1.29, 1.82) is 0 Å². The molecule has 0 radical (unpaired) electrons. The van der Waals surface area contributed by atoms with Crippen molar-refractivity contribution in [3.05, 3.63) is 0 Å². The Morgan fingerprint density at radius 2 is 1.80 bits per heavy atom. The lowest BCUT2D eigenvalue weighted by atomic mass is 9.96. The van der Waals surface area contributed by atoms with Crippen LogP contribution in [-0.2, 0) is 4.79 Å². The van der Waals surface area contributed by atoms with E-state index in [9.17, 15) is 18.0 Å². The molecule has 8 heteroatoms. The Bertz CT molecular complexity index is 227. The molecule has 0 aromatic heterocycles. The Labute approximate surface area is 90.7 Å². The van der Waals surface area contributed by atoms with Gasteiger partial charge in [0.25, 0.3) is 5.91 Å². The van der Waals surface area contributed by atoms with Crippen LogP contribution in [0.15, 0.2) is 0 Å². The van der Waals surface area contributed by atoms with Crippen molar-refractivity contribution in [2.75, 3.05) is 6.00 Å². The molecule has 0 heterocycles. The summed E-state index contributed by atoms with van der Waals surface area (Å²) in [6.07, 6.45) is -4.64. The lowest BCUT2D eigenvalue weighted by Gasteiger charge is -2.23. The first-order valence-corrected chi connectivity index (χ1v) is 4.68. The molecule has 0 aromatic rings. The number of hydrogen-bond donors (Lipinski definition) is 3. The summed E-state index contributed by atoms with van der Waals surface area (Å²) in [6.45, 7) is 4.53. The van der Waals surface area contributed by atoms with Gasteiger partial charge < -0.3 is 0 Å². The predicted molar refractivity (Wildman–Crippen MR) is 48.5 cm³/mol. The lowest BCUT2D eigenvalue weighted by molar-refractivity contribution is -1.07. The number of carbonyl (C=O) groups is 1. The van der Waals surface area contributed by atoms with Crippen molar-refractivity contribution in [2.24, 2.45) is 5.41 Å². The summed E-state index contributed by atoms with van der Waals surface area (Å²) in [5.74, 6) is -0.729. The summed E-state index contributed by atoms with van der Waals surface area (Å²) >= 11 is 5.12. The molecule has 0 bridgehead atoms. The van der Waals surface area contributed by atoms with Crippen molar-refractivity contribution < 1.29 is 23.1 Å². The van der Waals surface area contributed by atoms with Crippen LogP contribution in [0, 0.1) is 5.41 Å². The third-order valence-electron chi connectivity index (χ3n) is 1.45. The smallest absolute Gasteiger partial charge is 0.269 e. The van der Waals surface area contributed by atoms with Crippen LogP contribution in [0.4, 0.5) is 13.2 Å². The summed E-state index contributed by atoms with van der Waals surface area (Å²) in [4.78, 5) is 11.3. The fourth-order valence-electron chi connectivity index (χ4n) is 0.583. The Morgan fingerprint density at radius 1 is 1.33 bits per heavy atom. The maximum atomic E-state index is 12.3. The van der Waals surface area contributed by atoms with Gasteiger partial charge in [-0.2, -0.15) is 5.43 Å². The summed E-state index contributed by atoms with van der Waals surface area (Å²) in [7, 11) is 0. The first-order valence-electron chi connectivity index (χ1n) is 4.14. The van der Waals surface area contributed by atoms with Crippen LogP contribution < -0.4 is 16.0 Å². The Hall–Kier alpha value is -0.530. The first kappa shape index (κ1) is 14.5. The van der Waals surface area contributed by atoms with Gasteiger partial charge in [0.1, 0.15) is 6.00 Å². The molecule has 0 rings (SSSR count). The van der Waals surface area contributed by atoms with Gasteiger partial charge in [0, 0.05) is 5.41 Å². The number of halogens is 4. The molecule has 0 aliphatic rings. The minimum absolute atomic E-state index is 0.431. The van der Waals surface area contributed by atoms with E-state index in [0.717, 1.165) is 0 Å². The van der Waals surface area contributed by atoms with Crippen molar-refractivity contribution in [3.8, 4) is 0 Å². The number of carbonyl (C=O) groups excluding carboxylic acids is 1. The molecule has 3 N–H and O–H groups in total. The van der Waals surface area contributed by atoms with Crippen LogP contribution in [-0.4, -0.2) is 18.2 Å². The molecule has 1 atom stereocenters. The summed E-state index contributed by atoms with van der Waals surface area (Å²) in [5, 5.41) is -1.24. The van der Waals surface area contributed by atoms with Crippen molar-refractivity contribution in [2.45, 2.75) is 27.1 Å². The predicted octanol–water partition coefficient (Wildman–Crippen LogP) is 0.169. The average molecular weight is 249 g/mol. The third kappa shape index (κ3) is 5.19. The molecule has 1 amide bonds. The fourth-order valence-corrected chi connectivity index (χ4v) is 0.717. The highest BCUT2D eigenvalue weighted by Gasteiger charge is 2.46. The molecule has 90 valence electrons. The SMILES string of the molecule is CC(C)(C)C(=O)N[NH+](NCCl)C(F)(F)F. The number of amides is 1. The zero-order valence-electron chi connectivity index (χ0n) is 8.63. The molecular formula is C7H14ClF3N3O+. The Morgan fingerprint density at radius 3 is 2.07 bits per heavy atom. The van der Waals surface area contributed by atoms with Gasteiger partial charge in [0.05, 0.1) is 0 Å². The second kappa shape index (κ2) is 5.00. The zero-order valence-corrected chi connectivity index (χ0v) is 9.38. The number of hydrogen-bond acceptors (Lipinski definition) is 2. The molecule has 0 aromatic carbocycles. The fraction of sp³-hybridized carbons (Fsp3) is 0.857. The number of quaternary nitrogens is 1. The maximum Gasteiger partial charge on any atom is 0.602 e. The zero-order chi connectivity index (χ0) is 12.3. The van der Waals surface area contributed by atoms with Gasteiger partial charge in [-0.1, -0.05) is 25.9 Å². The van der Waals surface area contributed by atoms with Gasteiger partial charge in [0.15, 0.2) is 0 Å². The van der Waals surface area contributed by atoms with Crippen molar-refractivity contribution in [1.82, 2.24) is 10.9 Å². The standard InChI is InChI=1S/C7H13ClF3N3O/c1-6(2,3)5(15)13-14(12-4-8)7(9,10)11/h12H,4H2,1-3H3,(H,13,15)/p+1. The van der Waals surface area contributed by atoms with Crippen LogP contribution in [0.5, 0.6) is 0 Å².